The van der Waals surface area contributed by atoms with Crippen LogP contribution in [-0.4, -0.2) is 47.1 Å². The molecule has 0 saturated heterocycles. The number of esters is 1. The molecular weight excluding hydrogens is 386 g/mol. The van der Waals surface area contributed by atoms with E-state index in [1.54, 1.807) is 13.8 Å². The number of aryl methyl sites for hydroxylation is 1. The van der Waals surface area contributed by atoms with Crippen LogP contribution in [0.15, 0.2) is 10.6 Å². The van der Waals surface area contributed by atoms with Gasteiger partial charge in [-0.15, -0.1) is 0 Å². The van der Waals surface area contributed by atoms with E-state index in [0.29, 0.717) is 40.1 Å². The smallest absolute Gasteiger partial charge is 0.338 e. The van der Waals surface area contributed by atoms with E-state index in [0.717, 1.165) is 0 Å². The molecule has 28 heavy (non-hydrogen) atoms. The number of benzene rings is 1. The molecule has 1 aromatic heterocycles. The summed E-state index contributed by atoms with van der Waals surface area (Å²) in [5, 5.41) is 16.9. The van der Waals surface area contributed by atoms with E-state index in [1.807, 2.05) is 0 Å². The molecule has 9 nitrogen and oxygen atoms in total. The maximum atomic E-state index is 12.3. The van der Waals surface area contributed by atoms with Crippen molar-refractivity contribution < 1.29 is 28.7 Å². The molecule has 10 heteroatoms. The predicted octanol–water partition coefficient (Wildman–Crippen LogP) is 2.30. The van der Waals surface area contributed by atoms with E-state index in [1.165, 1.54) is 39.0 Å². The maximum absolute atomic E-state index is 12.3. The van der Waals surface area contributed by atoms with Crippen LogP contribution < -0.4 is 10.1 Å². The quantitative estimate of drug-likeness (QED) is 0.632. The van der Waals surface area contributed by atoms with E-state index in [9.17, 15) is 14.7 Å². The van der Waals surface area contributed by atoms with Gasteiger partial charge in [0.2, 0.25) is 11.8 Å². The van der Waals surface area contributed by atoms with Gasteiger partial charge in [0.1, 0.15) is 17.5 Å². The summed E-state index contributed by atoms with van der Waals surface area (Å²) in [6.07, 6.45) is 0. The van der Waals surface area contributed by atoms with Crippen LogP contribution in [0.25, 0.3) is 0 Å². The number of phenols is 1. The number of carbonyl (C=O) groups excluding carboxylic acids is 2. The molecule has 0 unspecified atom stereocenters. The minimum atomic E-state index is -0.562. The third-order valence-corrected chi connectivity index (χ3v) is 5.04. The van der Waals surface area contributed by atoms with Crippen LogP contribution in [-0.2, 0) is 15.3 Å². The van der Waals surface area contributed by atoms with Crippen LogP contribution in [0.3, 0.4) is 0 Å². The summed E-state index contributed by atoms with van der Waals surface area (Å²) in [5.41, 5.74) is 1.27. The van der Waals surface area contributed by atoms with Gasteiger partial charge in [0.15, 0.2) is 5.82 Å². The zero-order valence-electron chi connectivity index (χ0n) is 16.4. The van der Waals surface area contributed by atoms with Gasteiger partial charge in [-0.1, -0.05) is 5.16 Å². The van der Waals surface area contributed by atoms with Crippen molar-refractivity contribution in [2.45, 2.75) is 32.6 Å². The number of aromatic nitrogens is 2. The Hall–Kier alpha value is -2.75. The second kappa shape index (κ2) is 9.45. The number of rotatable bonds is 8. The molecule has 0 saturated carbocycles. The van der Waals surface area contributed by atoms with Gasteiger partial charge >= 0.3 is 5.97 Å². The Labute approximate surface area is 166 Å². The number of hydrogen-bond donors (Lipinski definition) is 2. The largest absolute Gasteiger partial charge is 0.507 e. The molecular formula is C18H23N3O6S. The van der Waals surface area contributed by atoms with Crippen molar-refractivity contribution in [2.24, 2.45) is 0 Å². The molecule has 0 aliphatic rings. The summed E-state index contributed by atoms with van der Waals surface area (Å²) < 4.78 is 15.2. The van der Waals surface area contributed by atoms with E-state index < -0.39 is 12.0 Å². The summed E-state index contributed by atoms with van der Waals surface area (Å²) in [6, 6.07) is 0.969. The average Bonchev–Trinajstić information content (AvgIpc) is 3.08. The maximum Gasteiger partial charge on any atom is 0.338 e. The van der Waals surface area contributed by atoms with Gasteiger partial charge in [0.05, 0.1) is 19.8 Å². The Kier molecular flexibility index (Phi) is 7.27. The Morgan fingerprint density at radius 1 is 1.36 bits per heavy atom. The first-order valence-electron chi connectivity index (χ1n) is 8.41. The van der Waals surface area contributed by atoms with Crippen LogP contribution in [0.5, 0.6) is 11.5 Å². The molecule has 2 rings (SSSR count). The van der Waals surface area contributed by atoms with Crippen molar-refractivity contribution >= 4 is 23.6 Å². The number of thioether (sulfide) groups is 1. The van der Waals surface area contributed by atoms with Crippen LogP contribution in [0.4, 0.5) is 0 Å². The SMILES string of the molecule is COC(=O)c1c(C)c(OC)cc(O)c1CSC[C@H](NC(C)=O)c1nc(C)no1. The fraction of sp³-hybridized carbons (Fsp3) is 0.444. The molecule has 152 valence electrons. The van der Waals surface area contributed by atoms with Crippen molar-refractivity contribution in [1.29, 1.82) is 0 Å². The van der Waals surface area contributed by atoms with Gasteiger partial charge in [0, 0.05) is 35.6 Å². The molecule has 0 fully saturated rings. The van der Waals surface area contributed by atoms with Crippen molar-refractivity contribution in [2.75, 3.05) is 20.0 Å². The van der Waals surface area contributed by atoms with Crippen molar-refractivity contribution in [3.8, 4) is 11.5 Å². The number of methoxy groups -OCH3 is 2. The topological polar surface area (TPSA) is 124 Å². The first-order chi connectivity index (χ1) is 13.3. The number of phenolic OH excluding ortho intramolecular Hbond substituents is 1. The van der Waals surface area contributed by atoms with Gasteiger partial charge in [-0.2, -0.15) is 16.7 Å². The fourth-order valence-electron chi connectivity index (χ4n) is 2.69. The lowest BCUT2D eigenvalue weighted by atomic mass is 10.0. The second-order valence-electron chi connectivity index (χ2n) is 6.02. The van der Waals surface area contributed by atoms with Crippen molar-refractivity contribution in [1.82, 2.24) is 15.5 Å². The van der Waals surface area contributed by atoms with Gasteiger partial charge in [-0.25, -0.2) is 4.79 Å². The van der Waals surface area contributed by atoms with Crippen LogP contribution in [0.1, 0.15) is 46.2 Å². The van der Waals surface area contributed by atoms with E-state index in [4.69, 9.17) is 14.0 Å². The third kappa shape index (κ3) is 4.94. The zero-order chi connectivity index (χ0) is 20.8. The third-order valence-electron chi connectivity index (χ3n) is 3.98. The van der Waals surface area contributed by atoms with Gasteiger partial charge in [0.25, 0.3) is 0 Å². The lowest BCUT2D eigenvalue weighted by Crippen LogP contribution is -2.28. The van der Waals surface area contributed by atoms with Crippen molar-refractivity contribution in [3.63, 3.8) is 0 Å². The summed E-state index contributed by atoms with van der Waals surface area (Å²) >= 11 is 1.39. The number of aromatic hydroxyl groups is 1. The average molecular weight is 409 g/mol. The number of hydrogen-bond acceptors (Lipinski definition) is 9. The molecule has 1 aromatic carbocycles. The molecule has 2 aromatic rings. The van der Waals surface area contributed by atoms with E-state index >= 15 is 0 Å². The molecule has 1 atom stereocenters. The minimum Gasteiger partial charge on any atom is -0.507 e. The Morgan fingerprint density at radius 3 is 2.61 bits per heavy atom. The molecule has 0 spiro atoms. The molecule has 1 heterocycles. The standard InChI is InChI=1S/C18H23N3O6S/c1-9-15(25-4)6-14(23)12(16(9)18(24)26-5)7-28-8-13(20-11(3)22)17-19-10(2)21-27-17/h6,13,23H,7-8H2,1-5H3,(H,20,22)/t13-/m0/s1. The fourth-order valence-corrected chi connectivity index (χ4v) is 3.76. The minimum absolute atomic E-state index is 0.0694. The second-order valence-corrected chi connectivity index (χ2v) is 7.05. The van der Waals surface area contributed by atoms with Crippen LogP contribution >= 0.6 is 11.8 Å². The van der Waals surface area contributed by atoms with E-state index in [-0.39, 0.29) is 17.2 Å². The summed E-state index contributed by atoms with van der Waals surface area (Å²) in [7, 11) is 2.74. The number of amides is 1. The lowest BCUT2D eigenvalue weighted by Gasteiger charge is -2.17. The molecule has 1 amide bonds. The molecule has 0 radical (unpaired) electrons. The number of nitrogens with one attached hydrogen (secondary N) is 1. The zero-order valence-corrected chi connectivity index (χ0v) is 17.2. The number of nitrogens with zero attached hydrogens (tertiary/aromatic N) is 2. The molecule has 0 bridgehead atoms. The summed E-state index contributed by atoms with van der Waals surface area (Å²) in [6.45, 7) is 4.81. The normalized spacial score (nSPS) is 11.8. The first kappa shape index (κ1) is 21.5. The molecule has 2 N–H and O–H groups in total. The molecule has 0 aliphatic heterocycles. The predicted molar refractivity (Wildman–Crippen MR) is 102 cm³/mol. The Morgan fingerprint density at radius 2 is 2.07 bits per heavy atom. The highest BCUT2D eigenvalue weighted by Gasteiger charge is 2.24. The number of carbonyl (C=O) groups is 2. The van der Waals surface area contributed by atoms with Gasteiger partial charge < -0.3 is 24.4 Å². The number of ether oxygens (including phenoxy) is 2. The highest BCUT2D eigenvalue weighted by Crippen LogP contribution is 2.36. The first-order valence-corrected chi connectivity index (χ1v) is 9.56. The van der Waals surface area contributed by atoms with E-state index in [2.05, 4.69) is 15.5 Å². The van der Waals surface area contributed by atoms with Crippen LogP contribution in [0.2, 0.25) is 0 Å². The van der Waals surface area contributed by atoms with Gasteiger partial charge in [-0.3, -0.25) is 4.79 Å². The highest BCUT2D eigenvalue weighted by molar-refractivity contribution is 7.98. The highest BCUT2D eigenvalue weighted by atomic mass is 32.2. The van der Waals surface area contributed by atoms with Gasteiger partial charge in [-0.05, 0) is 13.8 Å². The summed E-state index contributed by atoms with van der Waals surface area (Å²) in [4.78, 5) is 27.9. The Balaban J connectivity index is 2.23. The van der Waals surface area contributed by atoms with Crippen molar-refractivity contribution in [3.05, 3.63) is 34.5 Å². The lowest BCUT2D eigenvalue weighted by molar-refractivity contribution is -0.119. The summed E-state index contributed by atoms with van der Waals surface area (Å²) in [5.74, 6) is 0.976. The Bertz CT molecular complexity index is 867. The van der Waals surface area contributed by atoms with Crippen LogP contribution in [0, 0.1) is 13.8 Å². The monoisotopic (exact) mass is 409 g/mol. The molecule has 0 aliphatic carbocycles.